The first kappa shape index (κ1) is 28.3. The molecule has 3 N–H and O–H groups in total. The number of benzene rings is 2. The smallest absolute Gasteiger partial charge is 0.410 e. The number of aliphatic hydroxyl groups is 1. The van der Waals surface area contributed by atoms with Crippen LogP contribution in [0.1, 0.15) is 62.4 Å². The Hall–Kier alpha value is -2.74. The molecule has 1 aromatic heterocycles. The number of ether oxygens (including phenoxy) is 2. The highest BCUT2D eigenvalue weighted by Crippen LogP contribution is 2.39. The first-order valence-electron chi connectivity index (χ1n) is 13.8. The SMILES string of the molecule is CC(C)COC(=O)N1CCc2c([nH]c3ccc(Cl)cc23)C1c1ccc(OCCCCCCNCCO)cc1. The lowest BCUT2D eigenvalue weighted by atomic mass is 9.92. The minimum atomic E-state index is -0.294. The maximum absolute atomic E-state index is 13.2. The third kappa shape index (κ3) is 7.22. The van der Waals surface area contributed by atoms with E-state index >= 15 is 0 Å². The summed E-state index contributed by atoms with van der Waals surface area (Å²) in [5.74, 6) is 1.10. The zero-order chi connectivity index (χ0) is 26.9. The molecule has 8 heteroatoms. The first-order chi connectivity index (χ1) is 18.5. The zero-order valence-electron chi connectivity index (χ0n) is 22.5. The molecule has 0 radical (unpaired) electrons. The quantitative estimate of drug-likeness (QED) is 0.228. The van der Waals surface area contributed by atoms with Crippen LogP contribution in [-0.4, -0.2) is 60.5 Å². The highest BCUT2D eigenvalue weighted by molar-refractivity contribution is 6.31. The van der Waals surface area contributed by atoms with Crippen LogP contribution in [0.4, 0.5) is 4.79 Å². The molecule has 206 valence electrons. The molecule has 1 aliphatic rings. The minimum Gasteiger partial charge on any atom is -0.494 e. The van der Waals surface area contributed by atoms with Gasteiger partial charge in [0, 0.05) is 34.7 Å². The summed E-state index contributed by atoms with van der Waals surface area (Å²) >= 11 is 6.31. The van der Waals surface area contributed by atoms with Gasteiger partial charge in [-0.25, -0.2) is 4.79 Å². The van der Waals surface area contributed by atoms with Crippen molar-refractivity contribution in [3.05, 3.63) is 64.3 Å². The van der Waals surface area contributed by atoms with E-state index in [-0.39, 0.29) is 24.7 Å². The van der Waals surface area contributed by atoms with Crippen LogP contribution in [0.2, 0.25) is 5.02 Å². The van der Waals surface area contributed by atoms with Crippen LogP contribution < -0.4 is 10.1 Å². The van der Waals surface area contributed by atoms with E-state index in [1.54, 1.807) is 0 Å². The number of fused-ring (bicyclic) bond motifs is 3. The van der Waals surface area contributed by atoms with Crippen LogP contribution >= 0.6 is 11.6 Å². The summed E-state index contributed by atoms with van der Waals surface area (Å²) < 4.78 is 11.6. The van der Waals surface area contributed by atoms with E-state index in [2.05, 4.69) is 10.3 Å². The van der Waals surface area contributed by atoms with Crippen molar-refractivity contribution < 1.29 is 19.4 Å². The number of aliphatic hydroxyl groups excluding tert-OH is 1. The van der Waals surface area contributed by atoms with Gasteiger partial charge in [-0.2, -0.15) is 0 Å². The second-order valence-electron chi connectivity index (χ2n) is 10.3. The van der Waals surface area contributed by atoms with Crippen molar-refractivity contribution in [3.63, 3.8) is 0 Å². The fraction of sp³-hybridized carbons (Fsp3) is 0.500. The molecule has 3 aromatic rings. The van der Waals surface area contributed by atoms with Crippen molar-refractivity contribution in [2.75, 3.05) is 39.5 Å². The van der Waals surface area contributed by atoms with E-state index in [9.17, 15) is 4.79 Å². The lowest BCUT2D eigenvalue weighted by Crippen LogP contribution is -2.41. The van der Waals surface area contributed by atoms with Gasteiger partial charge in [0.15, 0.2) is 0 Å². The van der Waals surface area contributed by atoms with Gasteiger partial charge in [-0.1, -0.05) is 50.4 Å². The molecule has 1 atom stereocenters. The van der Waals surface area contributed by atoms with Crippen LogP contribution in [0.15, 0.2) is 42.5 Å². The molecule has 0 saturated heterocycles. The van der Waals surface area contributed by atoms with Crippen molar-refractivity contribution >= 4 is 28.6 Å². The predicted molar refractivity (Wildman–Crippen MR) is 152 cm³/mol. The summed E-state index contributed by atoms with van der Waals surface area (Å²) in [7, 11) is 0. The number of hydrogen-bond donors (Lipinski definition) is 3. The van der Waals surface area contributed by atoms with E-state index < -0.39 is 0 Å². The van der Waals surface area contributed by atoms with Crippen molar-refractivity contribution in [2.45, 2.75) is 52.0 Å². The number of amides is 1. The van der Waals surface area contributed by atoms with Crippen LogP contribution in [0, 0.1) is 5.92 Å². The Morgan fingerprint density at radius 2 is 1.92 bits per heavy atom. The number of carbonyl (C=O) groups excluding carboxylic acids is 1. The Balaban J connectivity index is 1.45. The highest BCUT2D eigenvalue weighted by atomic mass is 35.5. The van der Waals surface area contributed by atoms with Gasteiger partial charge < -0.3 is 24.9 Å². The number of aromatic nitrogens is 1. The normalized spacial score (nSPS) is 15.2. The van der Waals surface area contributed by atoms with Crippen LogP contribution in [0.5, 0.6) is 5.75 Å². The lowest BCUT2D eigenvalue weighted by molar-refractivity contribution is 0.0797. The third-order valence-corrected chi connectivity index (χ3v) is 7.10. The third-order valence-electron chi connectivity index (χ3n) is 6.86. The van der Waals surface area contributed by atoms with E-state index in [1.807, 2.05) is 61.2 Å². The molecule has 0 fully saturated rings. The second kappa shape index (κ2) is 13.9. The Morgan fingerprint density at radius 3 is 2.68 bits per heavy atom. The molecular formula is C30H40ClN3O4. The highest BCUT2D eigenvalue weighted by Gasteiger charge is 2.35. The molecule has 0 saturated carbocycles. The molecule has 38 heavy (non-hydrogen) atoms. The monoisotopic (exact) mass is 541 g/mol. The van der Waals surface area contributed by atoms with E-state index in [1.165, 1.54) is 5.56 Å². The molecule has 0 aliphatic carbocycles. The van der Waals surface area contributed by atoms with Crippen LogP contribution in [-0.2, 0) is 11.2 Å². The number of hydrogen-bond acceptors (Lipinski definition) is 5. The Kier molecular flexibility index (Phi) is 10.3. The number of carbonyl (C=O) groups is 1. The summed E-state index contributed by atoms with van der Waals surface area (Å²) in [6, 6.07) is 13.7. The van der Waals surface area contributed by atoms with Gasteiger partial charge in [-0.15, -0.1) is 0 Å². The molecule has 1 amide bonds. The lowest BCUT2D eigenvalue weighted by Gasteiger charge is -2.35. The topological polar surface area (TPSA) is 86.8 Å². The molecule has 4 rings (SSSR count). The van der Waals surface area contributed by atoms with Crippen molar-refractivity contribution in [2.24, 2.45) is 5.92 Å². The number of nitrogens with zero attached hydrogens (tertiary/aromatic N) is 1. The number of rotatable bonds is 13. The standard InChI is InChI=1S/C30H40ClN3O4/c1-21(2)20-38-30(36)34-16-13-25-26-19-23(31)9-12-27(26)33-28(25)29(34)22-7-10-24(11-8-22)37-18-6-4-3-5-14-32-15-17-35/h7-12,19,21,29,32-33,35H,3-6,13-18,20H2,1-2H3. The fourth-order valence-electron chi connectivity index (χ4n) is 4.97. The Morgan fingerprint density at radius 1 is 1.13 bits per heavy atom. The van der Waals surface area contributed by atoms with E-state index in [4.69, 9.17) is 26.2 Å². The second-order valence-corrected chi connectivity index (χ2v) is 10.8. The number of aromatic amines is 1. The average molecular weight is 542 g/mol. The summed E-state index contributed by atoms with van der Waals surface area (Å²) in [6.07, 6.45) is 4.81. The van der Waals surface area contributed by atoms with Crippen molar-refractivity contribution in [1.82, 2.24) is 15.2 Å². The fourth-order valence-corrected chi connectivity index (χ4v) is 5.14. The number of H-pyrrole nitrogens is 1. The van der Waals surface area contributed by atoms with E-state index in [0.717, 1.165) is 66.6 Å². The summed E-state index contributed by atoms with van der Waals surface area (Å²) in [5.41, 5.74) is 4.24. The van der Waals surface area contributed by atoms with Crippen LogP contribution in [0.25, 0.3) is 10.9 Å². The van der Waals surface area contributed by atoms with E-state index in [0.29, 0.717) is 31.3 Å². The minimum absolute atomic E-state index is 0.186. The Labute approximate surface area is 230 Å². The summed E-state index contributed by atoms with van der Waals surface area (Å²) in [4.78, 5) is 18.6. The molecule has 0 bridgehead atoms. The number of unbranched alkanes of at least 4 members (excludes halogenated alkanes) is 3. The van der Waals surface area contributed by atoms with Crippen molar-refractivity contribution in [3.8, 4) is 5.75 Å². The molecule has 1 unspecified atom stereocenters. The molecule has 2 heterocycles. The predicted octanol–water partition coefficient (Wildman–Crippen LogP) is 6.08. The molecular weight excluding hydrogens is 502 g/mol. The number of halogens is 1. The van der Waals surface area contributed by atoms with Gasteiger partial charge in [0.2, 0.25) is 0 Å². The average Bonchev–Trinajstić information content (AvgIpc) is 3.28. The Bertz CT molecular complexity index is 1180. The van der Waals surface area contributed by atoms with Crippen molar-refractivity contribution in [1.29, 1.82) is 0 Å². The van der Waals surface area contributed by atoms with Gasteiger partial charge in [0.25, 0.3) is 0 Å². The van der Waals surface area contributed by atoms with Gasteiger partial charge in [-0.05, 0) is 73.2 Å². The zero-order valence-corrected chi connectivity index (χ0v) is 23.2. The van der Waals surface area contributed by atoms with Gasteiger partial charge in [0.1, 0.15) is 11.8 Å². The molecule has 1 aliphatic heterocycles. The molecule has 0 spiro atoms. The van der Waals surface area contributed by atoms with Gasteiger partial charge in [0.05, 0.1) is 19.8 Å². The molecule has 7 nitrogen and oxygen atoms in total. The largest absolute Gasteiger partial charge is 0.494 e. The summed E-state index contributed by atoms with van der Waals surface area (Å²) in [6.45, 7) is 7.50. The van der Waals surface area contributed by atoms with Gasteiger partial charge >= 0.3 is 6.09 Å². The molecule has 2 aromatic carbocycles. The van der Waals surface area contributed by atoms with Crippen LogP contribution in [0.3, 0.4) is 0 Å². The number of nitrogens with one attached hydrogen (secondary N) is 2. The summed E-state index contributed by atoms with van der Waals surface area (Å²) in [5, 5.41) is 13.8. The van der Waals surface area contributed by atoms with Gasteiger partial charge in [-0.3, -0.25) is 4.90 Å². The maximum atomic E-state index is 13.2. The maximum Gasteiger partial charge on any atom is 0.410 e. The first-order valence-corrected chi connectivity index (χ1v) is 14.1.